The molecule has 0 radical (unpaired) electrons. The van der Waals surface area contributed by atoms with E-state index in [-0.39, 0.29) is 5.43 Å². The molecule has 1 aromatic carbocycles. The molecule has 1 heterocycles. The number of nitrogens with zero attached hydrogens (tertiary/aromatic N) is 1. The van der Waals surface area contributed by atoms with Gasteiger partial charge in [-0.15, -0.1) is 0 Å². The zero-order valence-electron chi connectivity index (χ0n) is 7.73. The predicted octanol–water partition coefficient (Wildman–Crippen LogP) is 1.14. The van der Waals surface area contributed by atoms with E-state index in [1.807, 2.05) is 6.07 Å². The van der Waals surface area contributed by atoms with E-state index in [9.17, 15) is 10.0 Å². The van der Waals surface area contributed by atoms with Crippen molar-refractivity contribution in [1.82, 2.24) is 0 Å². The molecule has 0 atom stereocenters. The van der Waals surface area contributed by atoms with Gasteiger partial charge in [-0.05, 0) is 25.1 Å². The van der Waals surface area contributed by atoms with E-state index in [1.54, 1.807) is 25.1 Å². The van der Waals surface area contributed by atoms with Crippen molar-refractivity contribution in [3.05, 3.63) is 57.5 Å². The smallest absolute Gasteiger partial charge is 0.224 e. The third kappa shape index (κ3) is 1.33. The first kappa shape index (κ1) is 8.69. The monoisotopic (exact) mass is 187 g/mol. The van der Waals surface area contributed by atoms with Crippen molar-refractivity contribution in [2.75, 3.05) is 0 Å². The Morgan fingerprint density at radius 3 is 2.86 bits per heavy atom. The Hall–Kier alpha value is -1.90. The van der Waals surface area contributed by atoms with E-state index in [2.05, 4.69) is 0 Å². The van der Waals surface area contributed by atoms with Crippen LogP contribution in [0.15, 0.2) is 41.3 Å². The van der Waals surface area contributed by atoms with Crippen molar-refractivity contribution in [3.63, 3.8) is 0 Å². The number of fused-ring (bicyclic) bond motifs is 1. The Kier molecular flexibility index (Phi) is 1.93. The van der Waals surface area contributed by atoms with Gasteiger partial charge in [-0.3, -0.25) is 4.79 Å². The molecule has 0 aliphatic heterocycles. The summed E-state index contributed by atoms with van der Waals surface area (Å²) >= 11 is 0. The van der Waals surface area contributed by atoms with Gasteiger partial charge < -0.3 is 5.21 Å². The van der Waals surface area contributed by atoms with Crippen LogP contribution < -0.4 is 10.2 Å². The molecule has 0 N–H and O–H groups in total. The summed E-state index contributed by atoms with van der Waals surface area (Å²) in [5.74, 6) is 0. The van der Waals surface area contributed by atoms with Crippen LogP contribution in [0.4, 0.5) is 0 Å². The minimum atomic E-state index is -0.0544. The van der Waals surface area contributed by atoms with E-state index < -0.39 is 0 Å². The molecule has 1 aromatic heterocycles. The molecule has 2 rings (SSSR count). The topological polar surface area (TPSA) is 44.0 Å². The Morgan fingerprint density at radius 1 is 1.29 bits per heavy atom. The third-order valence-electron chi connectivity index (χ3n) is 2.19. The van der Waals surface area contributed by atoms with Crippen molar-refractivity contribution < 1.29 is 4.73 Å². The molecule has 0 spiro atoms. The molecular weight excluding hydrogens is 178 g/mol. The highest BCUT2D eigenvalue weighted by Gasteiger charge is 2.02. The van der Waals surface area contributed by atoms with Gasteiger partial charge >= 0.3 is 0 Å². The lowest BCUT2D eigenvalue weighted by Crippen LogP contribution is -2.25. The van der Waals surface area contributed by atoms with Crippen molar-refractivity contribution in [3.8, 4) is 0 Å². The molecule has 3 nitrogen and oxygen atoms in total. The van der Waals surface area contributed by atoms with E-state index in [1.165, 1.54) is 12.3 Å². The second-order valence-corrected chi connectivity index (χ2v) is 3.20. The molecule has 0 aliphatic rings. The first-order valence-corrected chi connectivity index (χ1v) is 4.31. The fourth-order valence-electron chi connectivity index (χ4n) is 1.38. The van der Waals surface area contributed by atoms with Crippen LogP contribution in [0.25, 0.3) is 10.9 Å². The zero-order chi connectivity index (χ0) is 10.1. The predicted molar refractivity (Wildman–Crippen MR) is 53.9 cm³/mol. The minimum absolute atomic E-state index is 0.0544. The maximum Gasteiger partial charge on any atom is 0.224 e. The quantitative estimate of drug-likeness (QED) is 0.458. The number of aryl methyl sites for hydroxylation is 1. The first-order valence-electron chi connectivity index (χ1n) is 4.31. The lowest BCUT2D eigenvalue weighted by molar-refractivity contribution is -0.577. The van der Waals surface area contributed by atoms with Gasteiger partial charge in [0.2, 0.25) is 5.52 Å². The fourth-order valence-corrected chi connectivity index (χ4v) is 1.38. The molecule has 0 amide bonds. The van der Waals surface area contributed by atoms with Gasteiger partial charge in [-0.25, -0.2) is 0 Å². The summed E-state index contributed by atoms with van der Waals surface area (Å²) in [5.41, 5.74) is 1.05. The molecule has 0 saturated heterocycles. The lowest BCUT2D eigenvalue weighted by Gasteiger charge is -1.96. The second-order valence-electron chi connectivity index (χ2n) is 3.20. The Labute approximate surface area is 80.8 Å². The van der Waals surface area contributed by atoms with Crippen LogP contribution in [0.1, 0.15) is 5.56 Å². The molecule has 2 aromatic rings. The summed E-state index contributed by atoms with van der Waals surface area (Å²) in [6.45, 7) is 1.70. The molecule has 70 valence electrons. The average Bonchev–Trinajstić information content (AvgIpc) is 2.30. The fraction of sp³-hybridized carbons (Fsp3) is 0.0909. The van der Waals surface area contributed by atoms with Crippen molar-refractivity contribution in [1.29, 1.82) is 0 Å². The van der Waals surface area contributed by atoms with Crippen LogP contribution in [0.5, 0.6) is 0 Å². The lowest BCUT2D eigenvalue weighted by atomic mass is 10.2. The minimum Gasteiger partial charge on any atom is -0.618 e. The highest BCUT2D eigenvalue weighted by atomic mass is 16.5. The highest BCUT2D eigenvalue weighted by Crippen LogP contribution is 2.06. The molecule has 14 heavy (non-hydrogen) atoms. The van der Waals surface area contributed by atoms with Gasteiger partial charge in [-0.2, -0.15) is 4.73 Å². The highest BCUT2D eigenvalue weighted by molar-refractivity contribution is 5.74. The molecule has 0 saturated carbocycles. The Bertz CT molecular complexity index is 549. The molecule has 0 fully saturated rings. The number of hydrogen-bond acceptors (Lipinski definition) is 2. The van der Waals surface area contributed by atoms with Gasteiger partial charge in [-0.1, -0.05) is 0 Å². The van der Waals surface area contributed by atoms with E-state index in [4.69, 9.17) is 0 Å². The maximum absolute atomic E-state index is 11.4. The number of rotatable bonds is 0. The summed E-state index contributed by atoms with van der Waals surface area (Å²) in [7, 11) is 0. The summed E-state index contributed by atoms with van der Waals surface area (Å²) in [4.78, 5) is 11.3. The van der Waals surface area contributed by atoms with Crippen LogP contribution in [0.2, 0.25) is 0 Å². The van der Waals surface area contributed by atoms with Crippen LogP contribution in [0.3, 0.4) is 0 Å². The van der Waals surface area contributed by atoms with Crippen LogP contribution >= 0.6 is 0 Å². The van der Waals surface area contributed by atoms with E-state index in [0.717, 1.165) is 10.1 Å². The third-order valence-corrected chi connectivity index (χ3v) is 2.19. The molecule has 0 bridgehead atoms. The van der Waals surface area contributed by atoms with Gasteiger partial charge in [0.15, 0.2) is 11.6 Å². The van der Waals surface area contributed by atoms with E-state index >= 15 is 0 Å². The zero-order valence-corrected chi connectivity index (χ0v) is 7.73. The maximum atomic E-state index is 11.4. The first-order chi connectivity index (χ1) is 6.68. The largest absolute Gasteiger partial charge is 0.618 e. The second kappa shape index (κ2) is 3.10. The van der Waals surface area contributed by atoms with Crippen molar-refractivity contribution in [2.24, 2.45) is 0 Å². The number of pyridine rings is 1. The summed E-state index contributed by atoms with van der Waals surface area (Å²) in [5, 5.41) is 12.2. The molecule has 0 aliphatic carbocycles. The van der Waals surface area contributed by atoms with Gasteiger partial charge in [0.25, 0.3) is 0 Å². The van der Waals surface area contributed by atoms with Crippen molar-refractivity contribution >= 4 is 10.9 Å². The van der Waals surface area contributed by atoms with Gasteiger partial charge in [0.05, 0.1) is 0 Å². The van der Waals surface area contributed by atoms with Crippen LogP contribution in [-0.2, 0) is 0 Å². The van der Waals surface area contributed by atoms with Gasteiger partial charge in [0, 0.05) is 23.1 Å². The summed E-state index contributed by atoms with van der Waals surface area (Å²) in [6.07, 6.45) is 1.42. The average molecular weight is 187 g/mol. The molecule has 3 heteroatoms. The van der Waals surface area contributed by atoms with E-state index in [0.29, 0.717) is 11.1 Å². The number of hydrogen-bond donors (Lipinski definition) is 0. The van der Waals surface area contributed by atoms with Gasteiger partial charge in [0.1, 0.15) is 0 Å². The molecule has 0 unspecified atom stereocenters. The van der Waals surface area contributed by atoms with Crippen molar-refractivity contribution in [2.45, 2.75) is 6.92 Å². The Balaban J connectivity index is 3.01. The number of aromatic nitrogens is 1. The SMILES string of the molecule is Cc1cc2c(ccc[n+]2[O-])ccc1=O. The Morgan fingerprint density at radius 2 is 2.07 bits per heavy atom. The molecular formula is C11H9NO2. The summed E-state index contributed by atoms with van der Waals surface area (Å²) < 4.78 is 0.766. The van der Waals surface area contributed by atoms with Crippen LogP contribution in [-0.4, -0.2) is 0 Å². The summed E-state index contributed by atoms with van der Waals surface area (Å²) in [6, 6.07) is 8.24. The normalized spacial score (nSPS) is 10.4. The standard InChI is InChI=1S/C11H9NO2/c1-8-7-10-9(4-5-11(8)13)3-2-6-12(10)14/h2-7H,1H3. The van der Waals surface area contributed by atoms with Crippen LogP contribution in [0, 0.1) is 12.1 Å².